The lowest BCUT2D eigenvalue weighted by Gasteiger charge is -2.32. The number of amides is 5. The summed E-state index contributed by atoms with van der Waals surface area (Å²) in [5, 5.41) is 17.2. The van der Waals surface area contributed by atoms with Crippen molar-refractivity contribution in [1.82, 2.24) is 45.4 Å². The van der Waals surface area contributed by atoms with Gasteiger partial charge in [0, 0.05) is 31.6 Å². The van der Waals surface area contributed by atoms with Crippen LogP contribution >= 0.6 is 0 Å². The number of benzene rings is 1. The summed E-state index contributed by atoms with van der Waals surface area (Å²) in [7, 11) is -2.57. The molecule has 50 heavy (non-hydrogen) atoms. The normalized spacial score (nSPS) is 25.5. The van der Waals surface area contributed by atoms with E-state index in [1.807, 2.05) is 4.72 Å². The maximum atomic E-state index is 14.2. The number of carbonyl (C=O) groups excluding carboxylic acids is 4. The molecule has 4 fully saturated rings. The van der Waals surface area contributed by atoms with Crippen molar-refractivity contribution in [2.75, 3.05) is 26.7 Å². The number of aromatic nitrogens is 4. The Morgan fingerprint density at radius 1 is 1.06 bits per heavy atom. The largest absolute Gasteiger partial charge is 0.497 e. The van der Waals surface area contributed by atoms with Gasteiger partial charge in [0.15, 0.2) is 0 Å². The minimum Gasteiger partial charge on any atom is -0.497 e. The van der Waals surface area contributed by atoms with E-state index in [9.17, 15) is 36.4 Å². The van der Waals surface area contributed by atoms with Gasteiger partial charge >= 0.3 is 6.03 Å². The quantitative estimate of drug-likeness (QED) is 0.285. The number of nitrogens with zero attached hydrogens (tertiary/aromatic N) is 6. The number of urea groups is 1. The number of likely N-dealkylation sites (tertiary alicyclic amines) is 2. The highest BCUT2D eigenvalue weighted by Crippen LogP contribution is 2.48. The van der Waals surface area contributed by atoms with E-state index >= 15 is 0 Å². The molecule has 1 aromatic heterocycles. The molecule has 1 unspecified atom stereocenters. The van der Waals surface area contributed by atoms with Crippen molar-refractivity contribution in [3.63, 3.8) is 0 Å². The first-order valence-corrected chi connectivity index (χ1v) is 18.2. The van der Waals surface area contributed by atoms with Gasteiger partial charge in [-0.3, -0.25) is 19.1 Å². The van der Waals surface area contributed by atoms with Crippen molar-refractivity contribution < 1.29 is 41.1 Å². The number of nitrogens with one attached hydrogen (secondary N) is 3. The zero-order valence-corrected chi connectivity index (χ0v) is 28.7. The van der Waals surface area contributed by atoms with Gasteiger partial charge in [0.05, 0.1) is 24.3 Å². The van der Waals surface area contributed by atoms with Crippen molar-refractivity contribution >= 4 is 33.8 Å². The molecule has 3 heterocycles. The van der Waals surface area contributed by atoms with Crippen molar-refractivity contribution in [3.8, 4) is 17.1 Å². The predicted octanol–water partition coefficient (Wildman–Crippen LogP) is 1.07. The first kappa shape index (κ1) is 35.4. The highest BCUT2D eigenvalue weighted by atomic mass is 32.2. The van der Waals surface area contributed by atoms with E-state index in [0.29, 0.717) is 37.2 Å². The summed E-state index contributed by atoms with van der Waals surface area (Å²) in [5.74, 6) is -3.91. The molecule has 2 aliphatic heterocycles. The highest BCUT2D eigenvalue weighted by molar-refractivity contribution is 7.91. The van der Waals surface area contributed by atoms with Gasteiger partial charge in [0.25, 0.3) is 5.91 Å². The van der Waals surface area contributed by atoms with Crippen LogP contribution in [0.25, 0.3) is 11.4 Å². The number of tetrazole rings is 1. The van der Waals surface area contributed by atoms with Crippen LogP contribution in [-0.4, -0.2) is 118 Å². The minimum atomic E-state index is -4.10. The molecular weight excluding hydrogens is 680 g/mol. The molecule has 1 aromatic carbocycles. The third-order valence-electron chi connectivity index (χ3n) is 9.84. The lowest BCUT2D eigenvalue weighted by Crippen LogP contribution is -2.59. The number of hydrogen-bond donors (Lipinski definition) is 3. The summed E-state index contributed by atoms with van der Waals surface area (Å²) in [5.41, 5.74) is -1.56. The van der Waals surface area contributed by atoms with Crippen LogP contribution < -0.4 is 20.1 Å². The lowest BCUT2D eigenvalue weighted by molar-refractivity contribution is -0.141. The smallest absolute Gasteiger partial charge is 0.318 e. The molecule has 2 aliphatic carbocycles. The van der Waals surface area contributed by atoms with E-state index in [2.05, 4.69) is 26.0 Å². The number of ether oxygens (including phenoxy) is 1. The molecule has 3 N–H and O–H groups in total. The first-order chi connectivity index (χ1) is 23.7. The standard InChI is InChI=1S/C31H41F2N9O7S/c1-17(2)24(34-30(46)40-12-4-5-13-40)28(44)41-16-19(42-37-26(36-39-42)18-6-8-20(49-3)9-7-18)14-23(41)27(43)35-31(15-22(31)25(32)33)29(45)38-50(47,48)21-10-11-21/h6-9,17,19,21-25H,4-5,10-16H2,1-3H3,(H,34,46)(H,35,43)(H,38,45)/t19-,22+,23?,24+,31-/m1/s1. The van der Waals surface area contributed by atoms with Crippen LogP contribution in [0.5, 0.6) is 5.75 Å². The fourth-order valence-electron chi connectivity index (χ4n) is 6.58. The van der Waals surface area contributed by atoms with Crippen molar-refractivity contribution in [2.45, 2.75) is 87.7 Å². The molecule has 19 heteroatoms. The summed E-state index contributed by atoms with van der Waals surface area (Å²) in [6, 6.07) is 3.44. The second kappa shape index (κ2) is 13.7. The van der Waals surface area contributed by atoms with Crippen molar-refractivity contribution in [1.29, 1.82) is 0 Å². The summed E-state index contributed by atoms with van der Waals surface area (Å²) < 4.78 is 60.2. The topological polar surface area (TPSA) is 198 Å². The zero-order chi connectivity index (χ0) is 36.0. The number of sulfonamides is 1. The van der Waals surface area contributed by atoms with Gasteiger partial charge in [0.1, 0.15) is 23.4 Å². The lowest BCUT2D eigenvalue weighted by atomic mass is 10.0. The van der Waals surface area contributed by atoms with Gasteiger partial charge < -0.3 is 25.2 Å². The third kappa shape index (κ3) is 7.09. The molecule has 2 saturated carbocycles. The van der Waals surface area contributed by atoms with Crippen LogP contribution in [0.3, 0.4) is 0 Å². The van der Waals surface area contributed by atoms with E-state index in [4.69, 9.17) is 4.74 Å². The molecule has 2 saturated heterocycles. The maximum Gasteiger partial charge on any atom is 0.318 e. The van der Waals surface area contributed by atoms with E-state index in [0.717, 1.165) is 12.8 Å². The predicted molar refractivity (Wildman–Crippen MR) is 172 cm³/mol. The number of halogens is 2. The van der Waals surface area contributed by atoms with Crippen molar-refractivity contribution in [2.24, 2.45) is 11.8 Å². The van der Waals surface area contributed by atoms with Gasteiger partial charge in [-0.25, -0.2) is 22.0 Å². The van der Waals surface area contributed by atoms with Gasteiger partial charge in [-0.15, -0.1) is 10.2 Å². The SMILES string of the molecule is COc1ccc(-c2nnn([C@@H]3CC(C(=O)N[C@]4(C(=O)NS(=O)(=O)C5CC5)C[C@H]4C(F)F)N(C(=O)[C@@H](NC(=O)N4CCCC4)C(C)C)C3)n2)cc1. The van der Waals surface area contributed by atoms with Crippen LogP contribution in [0, 0.1) is 11.8 Å². The Morgan fingerprint density at radius 3 is 2.32 bits per heavy atom. The fourth-order valence-corrected chi connectivity index (χ4v) is 7.95. The minimum absolute atomic E-state index is 0.0850. The Balaban J connectivity index is 1.27. The van der Waals surface area contributed by atoms with Gasteiger partial charge in [-0.05, 0) is 67.5 Å². The molecule has 5 atom stereocenters. The Kier molecular flexibility index (Phi) is 9.71. The Bertz CT molecular complexity index is 1730. The number of methoxy groups -OCH3 is 1. The summed E-state index contributed by atoms with van der Waals surface area (Å²) in [6.07, 6.45) is -1.25. The molecule has 4 aliphatic rings. The fraction of sp³-hybridized carbons (Fsp3) is 0.645. The molecule has 6 rings (SSSR count). The number of rotatable bonds is 12. The van der Waals surface area contributed by atoms with Crippen LogP contribution in [0.4, 0.5) is 13.6 Å². The summed E-state index contributed by atoms with van der Waals surface area (Å²) in [4.78, 5) is 58.7. The Labute approximate surface area is 287 Å². The van der Waals surface area contributed by atoms with Crippen LogP contribution in [0.15, 0.2) is 24.3 Å². The highest BCUT2D eigenvalue weighted by Gasteiger charge is 2.66. The number of alkyl halides is 2. The Morgan fingerprint density at radius 2 is 1.74 bits per heavy atom. The number of carbonyl (C=O) groups is 4. The van der Waals surface area contributed by atoms with Crippen molar-refractivity contribution in [3.05, 3.63) is 24.3 Å². The van der Waals surface area contributed by atoms with Gasteiger partial charge in [-0.2, -0.15) is 4.80 Å². The Hall–Kier alpha value is -4.42. The van der Waals surface area contributed by atoms with E-state index < -0.39 is 87.4 Å². The average Bonchev–Trinajstić information content (AvgIpc) is 3.84. The van der Waals surface area contributed by atoms with E-state index in [1.165, 1.54) is 16.8 Å². The van der Waals surface area contributed by atoms with Gasteiger partial charge in [-0.1, -0.05) is 13.8 Å². The maximum absolute atomic E-state index is 14.2. The third-order valence-corrected chi connectivity index (χ3v) is 11.7. The summed E-state index contributed by atoms with van der Waals surface area (Å²) >= 11 is 0. The molecule has 0 radical (unpaired) electrons. The molecule has 0 spiro atoms. The molecule has 0 bridgehead atoms. The first-order valence-electron chi connectivity index (χ1n) is 16.7. The molecule has 16 nitrogen and oxygen atoms in total. The molecule has 272 valence electrons. The second-order valence-corrected chi connectivity index (χ2v) is 15.7. The second-order valence-electron chi connectivity index (χ2n) is 13.7. The molecule has 5 amide bonds. The zero-order valence-electron chi connectivity index (χ0n) is 27.9. The summed E-state index contributed by atoms with van der Waals surface area (Å²) in [6.45, 7) is 4.47. The van der Waals surface area contributed by atoms with Crippen LogP contribution in [0.2, 0.25) is 0 Å². The van der Waals surface area contributed by atoms with E-state index in [-0.39, 0.29) is 18.8 Å². The molecular formula is C31H41F2N9O7S. The average molecular weight is 722 g/mol. The number of hydrogen-bond acceptors (Lipinski definition) is 10. The molecule has 2 aromatic rings. The van der Waals surface area contributed by atoms with Crippen LogP contribution in [0.1, 0.15) is 58.4 Å². The van der Waals surface area contributed by atoms with E-state index in [1.54, 1.807) is 43.0 Å². The van der Waals surface area contributed by atoms with Gasteiger partial charge in [0.2, 0.25) is 34.1 Å². The monoisotopic (exact) mass is 721 g/mol. The van der Waals surface area contributed by atoms with Crippen LogP contribution in [-0.2, 0) is 24.4 Å².